The van der Waals surface area contributed by atoms with Gasteiger partial charge >= 0.3 is 0 Å². The zero-order valence-corrected chi connectivity index (χ0v) is 12.5. The number of rotatable bonds is 3. The van der Waals surface area contributed by atoms with Crippen molar-refractivity contribution in [3.63, 3.8) is 0 Å². The number of hydrogen-bond acceptors (Lipinski definition) is 2. The van der Waals surface area contributed by atoms with Crippen LogP contribution in [0.4, 0.5) is 0 Å². The van der Waals surface area contributed by atoms with Gasteiger partial charge in [-0.2, -0.15) is 0 Å². The fourth-order valence-corrected chi connectivity index (χ4v) is 2.95. The van der Waals surface area contributed by atoms with Crippen molar-refractivity contribution in [3.8, 4) is 0 Å². The van der Waals surface area contributed by atoms with E-state index in [1.165, 1.54) is 32.4 Å². The van der Waals surface area contributed by atoms with Gasteiger partial charge in [0.2, 0.25) is 0 Å². The first-order valence-corrected chi connectivity index (χ1v) is 7.30. The van der Waals surface area contributed by atoms with Crippen molar-refractivity contribution < 1.29 is 0 Å². The fraction of sp³-hybridized carbons (Fsp3) is 1.00. The molecule has 1 rings (SSSR count). The Hall–Kier alpha value is -0.0800. The van der Waals surface area contributed by atoms with Crippen LogP contribution in [0.2, 0.25) is 0 Å². The van der Waals surface area contributed by atoms with Crippen molar-refractivity contribution in [2.75, 3.05) is 19.6 Å². The Morgan fingerprint density at radius 3 is 2.35 bits per heavy atom. The third kappa shape index (κ3) is 4.26. The maximum absolute atomic E-state index is 5.79. The van der Waals surface area contributed by atoms with E-state index in [0.29, 0.717) is 17.4 Å². The molecule has 0 radical (unpaired) electrons. The largest absolute Gasteiger partial charge is 0.330 e. The topological polar surface area (TPSA) is 29.3 Å². The van der Waals surface area contributed by atoms with Crippen molar-refractivity contribution in [2.45, 2.75) is 59.9 Å². The van der Waals surface area contributed by atoms with Gasteiger partial charge in [-0.05, 0) is 63.1 Å². The molecule has 0 aromatic heterocycles. The molecule has 1 saturated heterocycles. The number of nitrogens with zero attached hydrogens (tertiary/aromatic N) is 1. The van der Waals surface area contributed by atoms with Gasteiger partial charge in [0.05, 0.1) is 0 Å². The molecule has 0 spiro atoms. The average Bonchev–Trinajstić information content (AvgIpc) is 2.51. The second kappa shape index (κ2) is 6.19. The minimum absolute atomic E-state index is 0.471. The summed E-state index contributed by atoms with van der Waals surface area (Å²) in [6.07, 6.45) is 4.10. The maximum Gasteiger partial charge on any atom is 0.0105 e. The molecule has 2 heteroatoms. The Balaban J connectivity index is 2.53. The number of likely N-dealkylation sites (tertiary alicyclic amines) is 1. The SMILES string of the molecule is CC(CN)C(C)N1CCCC(C(C)(C)C)CC1. The van der Waals surface area contributed by atoms with Crippen LogP contribution in [0.5, 0.6) is 0 Å². The van der Waals surface area contributed by atoms with Crippen LogP contribution in [-0.4, -0.2) is 30.6 Å². The normalized spacial score (nSPS) is 27.5. The van der Waals surface area contributed by atoms with Crippen LogP contribution in [0.1, 0.15) is 53.9 Å². The Labute approximate surface area is 108 Å². The van der Waals surface area contributed by atoms with Gasteiger partial charge in [0.1, 0.15) is 0 Å². The minimum Gasteiger partial charge on any atom is -0.330 e. The summed E-state index contributed by atoms with van der Waals surface area (Å²) in [6, 6.07) is 0.638. The summed E-state index contributed by atoms with van der Waals surface area (Å²) in [4.78, 5) is 2.66. The Morgan fingerprint density at radius 2 is 1.82 bits per heavy atom. The zero-order chi connectivity index (χ0) is 13.1. The van der Waals surface area contributed by atoms with Gasteiger partial charge in [-0.3, -0.25) is 0 Å². The summed E-state index contributed by atoms with van der Waals surface area (Å²) < 4.78 is 0. The molecule has 0 bridgehead atoms. The number of nitrogens with two attached hydrogens (primary N) is 1. The lowest BCUT2D eigenvalue weighted by molar-refractivity contribution is 0.158. The number of hydrogen-bond donors (Lipinski definition) is 1. The van der Waals surface area contributed by atoms with Crippen LogP contribution in [0.25, 0.3) is 0 Å². The van der Waals surface area contributed by atoms with Gasteiger partial charge in [0.15, 0.2) is 0 Å². The van der Waals surface area contributed by atoms with Crippen LogP contribution >= 0.6 is 0 Å². The molecule has 2 N–H and O–H groups in total. The second-order valence-corrected chi connectivity index (χ2v) is 6.98. The highest BCUT2D eigenvalue weighted by atomic mass is 15.2. The van der Waals surface area contributed by atoms with E-state index in [1.54, 1.807) is 0 Å². The van der Waals surface area contributed by atoms with E-state index < -0.39 is 0 Å². The van der Waals surface area contributed by atoms with Gasteiger partial charge in [-0.25, -0.2) is 0 Å². The van der Waals surface area contributed by atoms with Crippen molar-refractivity contribution in [1.82, 2.24) is 4.90 Å². The minimum atomic E-state index is 0.471. The van der Waals surface area contributed by atoms with Crippen LogP contribution in [0, 0.1) is 17.3 Å². The molecular weight excluding hydrogens is 208 g/mol. The van der Waals surface area contributed by atoms with Crippen molar-refractivity contribution in [2.24, 2.45) is 23.0 Å². The third-order valence-corrected chi connectivity index (χ3v) is 4.76. The van der Waals surface area contributed by atoms with E-state index in [1.807, 2.05) is 0 Å². The molecule has 3 atom stereocenters. The Bertz CT molecular complexity index is 219. The lowest BCUT2D eigenvalue weighted by atomic mass is 9.77. The molecule has 2 nitrogen and oxygen atoms in total. The summed E-state index contributed by atoms with van der Waals surface area (Å²) >= 11 is 0. The van der Waals surface area contributed by atoms with Crippen LogP contribution in [0.3, 0.4) is 0 Å². The predicted molar refractivity (Wildman–Crippen MR) is 76.0 cm³/mol. The third-order valence-electron chi connectivity index (χ3n) is 4.76. The van der Waals surface area contributed by atoms with Crippen molar-refractivity contribution >= 4 is 0 Å². The standard InChI is InChI=1S/C15H32N2/c1-12(11-16)13(2)17-9-6-7-14(8-10-17)15(3,4)5/h12-14H,6-11,16H2,1-5H3. The zero-order valence-electron chi connectivity index (χ0n) is 12.5. The quantitative estimate of drug-likeness (QED) is 0.821. The molecule has 102 valence electrons. The molecule has 1 heterocycles. The first-order chi connectivity index (χ1) is 7.86. The summed E-state index contributed by atoms with van der Waals surface area (Å²) in [6.45, 7) is 15.1. The van der Waals surface area contributed by atoms with Gasteiger partial charge < -0.3 is 10.6 Å². The fourth-order valence-electron chi connectivity index (χ4n) is 2.95. The van der Waals surface area contributed by atoms with Crippen LogP contribution < -0.4 is 5.73 Å². The highest BCUT2D eigenvalue weighted by Gasteiger charge is 2.29. The van der Waals surface area contributed by atoms with Gasteiger partial charge in [0.25, 0.3) is 0 Å². The lowest BCUT2D eigenvalue weighted by Crippen LogP contribution is -2.41. The molecule has 17 heavy (non-hydrogen) atoms. The van der Waals surface area contributed by atoms with Crippen molar-refractivity contribution in [3.05, 3.63) is 0 Å². The smallest absolute Gasteiger partial charge is 0.0105 e. The van der Waals surface area contributed by atoms with Crippen LogP contribution in [0.15, 0.2) is 0 Å². The highest BCUT2D eigenvalue weighted by molar-refractivity contribution is 4.82. The maximum atomic E-state index is 5.79. The average molecular weight is 240 g/mol. The highest BCUT2D eigenvalue weighted by Crippen LogP contribution is 2.34. The van der Waals surface area contributed by atoms with Gasteiger partial charge in [0, 0.05) is 6.04 Å². The Kier molecular flexibility index (Phi) is 5.46. The summed E-state index contributed by atoms with van der Waals surface area (Å²) in [7, 11) is 0. The first kappa shape index (κ1) is 15.0. The molecule has 1 fully saturated rings. The van der Waals surface area contributed by atoms with E-state index in [4.69, 9.17) is 5.73 Å². The predicted octanol–water partition coefficient (Wildman–Crippen LogP) is 3.12. The summed E-state index contributed by atoms with van der Waals surface area (Å²) in [5, 5.41) is 0. The molecular formula is C15H32N2. The van der Waals surface area contributed by atoms with E-state index in [2.05, 4.69) is 39.5 Å². The molecule has 1 aliphatic heterocycles. The molecule has 0 aromatic carbocycles. The van der Waals surface area contributed by atoms with Gasteiger partial charge in [-0.15, -0.1) is 0 Å². The molecule has 0 saturated carbocycles. The summed E-state index contributed by atoms with van der Waals surface area (Å²) in [5.74, 6) is 1.49. The van der Waals surface area contributed by atoms with E-state index in [0.717, 1.165) is 12.5 Å². The molecule has 0 aliphatic carbocycles. The van der Waals surface area contributed by atoms with E-state index in [9.17, 15) is 0 Å². The lowest BCUT2D eigenvalue weighted by Gasteiger charge is -2.33. The van der Waals surface area contributed by atoms with E-state index in [-0.39, 0.29) is 0 Å². The van der Waals surface area contributed by atoms with Crippen LogP contribution in [-0.2, 0) is 0 Å². The monoisotopic (exact) mass is 240 g/mol. The molecule has 1 aliphatic rings. The summed E-state index contributed by atoms with van der Waals surface area (Å²) in [5.41, 5.74) is 6.26. The second-order valence-electron chi connectivity index (χ2n) is 6.98. The molecule has 0 amide bonds. The molecule has 3 unspecified atom stereocenters. The molecule has 0 aromatic rings. The van der Waals surface area contributed by atoms with Gasteiger partial charge in [-0.1, -0.05) is 27.7 Å². The van der Waals surface area contributed by atoms with E-state index >= 15 is 0 Å². The Morgan fingerprint density at radius 1 is 1.18 bits per heavy atom. The van der Waals surface area contributed by atoms with Crippen molar-refractivity contribution in [1.29, 1.82) is 0 Å². The first-order valence-electron chi connectivity index (χ1n) is 7.30.